The van der Waals surface area contributed by atoms with Crippen LogP contribution in [0.2, 0.25) is 0 Å². The Morgan fingerprint density at radius 3 is 2.67 bits per heavy atom. The minimum Gasteiger partial charge on any atom is -0.374 e. The van der Waals surface area contributed by atoms with Gasteiger partial charge in [0.2, 0.25) is 0 Å². The van der Waals surface area contributed by atoms with Gasteiger partial charge in [-0.25, -0.2) is 4.39 Å². The summed E-state index contributed by atoms with van der Waals surface area (Å²) < 4.78 is 18.9. The third kappa shape index (κ3) is 4.48. The van der Waals surface area contributed by atoms with E-state index in [-0.39, 0.29) is 18.5 Å². The Bertz CT molecular complexity index is 446. The first-order chi connectivity index (χ1) is 8.54. The summed E-state index contributed by atoms with van der Waals surface area (Å²) in [6.07, 6.45) is 0.158. The summed E-state index contributed by atoms with van der Waals surface area (Å²) in [5, 5.41) is 0. The van der Waals surface area contributed by atoms with Crippen molar-refractivity contribution in [1.82, 2.24) is 0 Å². The molecule has 0 heterocycles. The van der Waals surface area contributed by atoms with Gasteiger partial charge in [0.15, 0.2) is 0 Å². The van der Waals surface area contributed by atoms with Crippen molar-refractivity contribution in [3.8, 4) is 11.8 Å². The molecular formula is C15H20FNO. The van der Waals surface area contributed by atoms with Crippen LogP contribution in [0.4, 0.5) is 4.39 Å². The predicted octanol–water partition coefficient (Wildman–Crippen LogP) is 2.70. The average molecular weight is 249 g/mol. The van der Waals surface area contributed by atoms with Crippen LogP contribution in [0.5, 0.6) is 0 Å². The van der Waals surface area contributed by atoms with Crippen LogP contribution in [0.15, 0.2) is 18.2 Å². The fourth-order valence-corrected chi connectivity index (χ4v) is 1.35. The molecule has 3 heteroatoms. The van der Waals surface area contributed by atoms with Crippen LogP contribution in [0.25, 0.3) is 0 Å². The van der Waals surface area contributed by atoms with Crippen molar-refractivity contribution in [2.45, 2.75) is 33.5 Å². The summed E-state index contributed by atoms with van der Waals surface area (Å²) >= 11 is 0. The Balaban J connectivity index is 2.81. The minimum atomic E-state index is -0.294. The lowest BCUT2D eigenvalue weighted by Gasteiger charge is -2.17. The van der Waals surface area contributed by atoms with E-state index >= 15 is 0 Å². The van der Waals surface area contributed by atoms with Gasteiger partial charge in [0.05, 0.1) is 19.3 Å². The lowest BCUT2D eigenvalue weighted by Crippen LogP contribution is -2.15. The van der Waals surface area contributed by atoms with Crippen molar-refractivity contribution in [3.63, 3.8) is 0 Å². The van der Waals surface area contributed by atoms with E-state index < -0.39 is 0 Å². The molecule has 0 spiro atoms. The molecule has 0 fully saturated rings. The average Bonchev–Trinajstić information content (AvgIpc) is 2.34. The van der Waals surface area contributed by atoms with Crippen LogP contribution in [0.1, 0.15) is 31.9 Å². The largest absolute Gasteiger partial charge is 0.374 e. The molecule has 18 heavy (non-hydrogen) atoms. The predicted molar refractivity (Wildman–Crippen MR) is 71.4 cm³/mol. The van der Waals surface area contributed by atoms with Gasteiger partial charge < -0.3 is 10.5 Å². The van der Waals surface area contributed by atoms with Crippen LogP contribution in [-0.2, 0) is 11.3 Å². The molecule has 1 atom stereocenters. The van der Waals surface area contributed by atoms with E-state index in [4.69, 9.17) is 10.5 Å². The van der Waals surface area contributed by atoms with Crippen molar-refractivity contribution in [3.05, 3.63) is 35.1 Å². The maximum atomic E-state index is 13.2. The molecule has 0 aliphatic carbocycles. The molecule has 0 aliphatic rings. The smallest absolute Gasteiger partial charge is 0.124 e. The molecule has 0 radical (unpaired) electrons. The summed E-state index contributed by atoms with van der Waals surface area (Å²) in [6.45, 7) is 6.93. The van der Waals surface area contributed by atoms with Gasteiger partial charge >= 0.3 is 0 Å². The first kappa shape index (κ1) is 14.7. The van der Waals surface area contributed by atoms with Crippen LogP contribution < -0.4 is 5.73 Å². The Labute approximate surface area is 108 Å². The maximum Gasteiger partial charge on any atom is 0.124 e. The molecule has 0 aromatic heterocycles. The van der Waals surface area contributed by atoms with Gasteiger partial charge in [-0.1, -0.05) is 31.8 Å². The second kappa shape index (κ2) is 7.15. The Morgan fingerprint density at radius 2 is 2.06 bits per heavy atom. The van der Waals surface area contributed by atoms with E-state index in [2.05, 4.69) is 25.7 Å². The number of hydrogen-bond acceptors (Lipinski definition) is 2. The standard InChI is InChI=1S/C15H20FNO/c1-11(2)12(3)18-10-14-6-7-15(16)9-13(14)5-4-8-17/h6-7,9,11-12H,8,10,17H2,1-3H3. The highest BCUT2D eigenvalue weighted by Crippen LogP contribution is 2.14. The summed E-state index contributed by atoms with van der Waals surface area (Å²) in [4.78, 5) is 0. The van der Waals surface area contributed by atoms with Crippen molar-refractivity contribution in [1.29, 1.82) is 0 Å². The topological polar surface area (TPSA) is 35.2 Å². The van der Waals surface area contributed by atoms with E-state index in [0.717, 1.165) is 5.56 Å². The van der Waals surface area contributed by atoms with Gasteiger partial charge in [-0.2, -0.15) is 0 Å². The summed E-state index contributed by atoms with van der Waals surface area (Å²) in [5.41, 5.74) is 6.87. The number of hydrogen-bond donors (Lipinski definition) is 1. The van der Waals surface area contributed by atoms with Crippen molar-refractivity contribution < 1.29 is 9.13 Å². The van der Waals surface area contributed by atoms with Crippen molar-refractivity contribution in [2.24, 2.45) is 11.7 Å². The van der Waals surface area contributed by atoms with Crippen LogP contribution in [-0.4, -0.2) is 12.6 Å². The number of rotatable bonds is 4. The summed E-state index contributed by atoms with van der Waals surface area (Å²) in [7, 11) is 0. The molecule has 1 rings (SSSR count). The van der Waals surface area contributed by atoms with Gasteiger partial charge in [-0.05, 0) is 30.5 Å². The second-order valence-electron chi connectivity index (χ2n) is 4.57. The van der Waals surface area contributed by atoms with Gasteiger partial charge in [-0.15, -0.1) is 0 Å². The van der Waals surface area contributed by atoms with E-state index in [9.17, 15) is 4.39 Å². The highest BCUT2D eigenvalue weighted by atomic mass is 19.1. The van der Waals surface area contributed by atoms with Crippen LogP contribution in [0, 0.1) is 23.6 Å². The molecule has 1 aromatic rings. The molecule has 1 aromatic carbocycles. The highest BCUT2D eigenvalue weighted by Gasteiger charge is 2.09. The first-order valence-corrected chi connectivity index (χ1v) is 6.13. The lowest BCUT2D eigenvalue weighted by molar-refractivity contribution is 0.0234. The fraction of sp³-hybridized carbons (Fsp3) is 0.467. The summed E-state index contributed by atoms with van der Waals surface area (Å²) in [5.74, 6) is 5.76. The Hall–Kier alpha value is -1.37. The van der Waals surface area contributed by atoms with Crippen molar-refractivity contribution in [2.75, 3.05) is 6.54 Å². The molecule has 98 valence electrons. The lowest BCUT2D eigenvalue weighted by atomic mass is 10.1. The minimum absolute atomic E-state index is 0.158. The number of ether oxygens (including phenoxy) is 1. The molecule has 2 N–H and O–H groups in total. The zero-order valence-electron chi connectivity index (χ0n) is 11.2. The number of benzene rings is 1. The SMILES string of the molecule is CC(C)C(C)OCc1ccc(F)cc1C#CCN. The summed E-state index contributed by atoms with van der Waals surface area (Å²) in [6, 6.07) is 4.55. The molecule has 0 aliphatic heterocycles. The zero-order chi connectivity index (χ0) is 13.5. The quantitative estimate of drug-likeness (QED) is 0.833. The molecule has 2 nitrogen and oxygen atoms in total. The van der Waals surface area contributed by atoms with Gasteiger partial charge in [0.1, 0.15) is 5.82 Å². The molecule has 0 bridgehead atoms. The molecule has 0 saturated heterocycles. The fourth-order valence-electron chi connectivity index (χ4n) is 1.35. The van der Waals surface area contributed by atoms with E-state index in [1.165, 1.54) is 12.1 Å². The second-order valence-corrected chi connectivity index (χ2v) is 4.57. The van der Waals surface area contributed by atoms with Gasteiger partial charge in [0, 0.05) is 5.56 Å². The van der Waals surface area contributed by atoms with Gasteiger partial charge in [-0.3, -0.25) is 0 Å². The Morgan fingerprint density at radius 1 is 1.33 bits per heavy atom. The maximum absolute atomic E-state index is 13.2. The van der Waals surface area contributed by atoms with Crippen LogP contribution in [0.3, 0.4) is 0 Å². The highest BCUT2D eigenvalue weighted by molar-refractivity contribution is 5.41. The third-order valence-electron chi connectivity index (χ3n) is 2.84. The van der Waals surface area contributed by atoms with Gasteiger partial charge in [0.25, 0.3) is 0 Å². The first-order valence-electron chi connectivity index (χ1n) is 6.13. The monoisotopic (exact) mass is 249 g/mol. The van der Waals surface area contributed by atoms with Crippen molar-refractivity contribution >= 4 is 0 Å². The number of halogens is 1. The Kier molecular flexibility index (Phi) is 5.84. The van der Waals surface area contributed by atoms with Crippen LogP contribution >= 0.6 is 0 Å². The molecular weight excluding hydrogens is 229 g/mol. The number of nitrogens with two attached hydrogens (primary N) is 1. The normalized spacial score (nSPS) is 12.1. The van der Waals surface area contributed by atoms with E-state index in [0.29, 0.717) is 18.1 Å². The van der Waals surface area contributed by atoms with E-state index in [1.807, 2.05) is 6.92 Å². The molecule has 0 saturated carbocycles. The molecule has 0 amide bonds. The molecule has 1 unspecified atom stereocenters. The zero-order valence-corrected chi connectivity index (χ0v) is 11.2. The third-order valence-corrected chi connectivity index (χ3v) is 2.84. The van der Waals surface area contributed by atoms with E-state index in [1.54, 1.807) is 6.07 Å².